The van der Waals surface area contributed by atoms with Crippen LogP contribution in [-0.4, -0.2) is 37.4 Å². The van der Waals surface area contributed by atoms with Crippen LogP contribution in [0.15, 0.2) is 29.4 Å². The first kappa shape index (κ1) is 15.4. The molecule has 0 radical (unpaired) electrons. The van der Waals surface area contributed by atoms with Crippen molar-refractivity contribution in [2.75, 3.05) is 0 Å². The van der Waals surface area contributed by atoms with Crippen molar-refractivity contribution in [3.8, 4) is 0 Å². The maximum Gasteiger partial charge on any atom is 0.233 e. The molecule has 4 rings (SSSR count). The molecule has 7 heteroatoms. The molecule has 1 aromatic carbocycles. The van der Waals surface area contributed by atoms with Crippen molar-refractivity contribution in [1.29, 1.82) is 0 Å². The first-order chi connectivity index (χ1) is 11.7. The Kier molecular flexibility index (Phi) is 4.10. The summed E-state index contributed by atoms with van der Waals surface area (Å²) in [7, 11) is 0. The first-order valence-corrected chi connectivity index (χ1v) is 9.17. The average Bonchev–Trinajstić information content (AvgIpc) is 3.21. The standard InChI is InChI=1S/C17H19N5OS/c1-10(16(23)18-11-6-2-3-7-11)24-17-20-15-14(21-22-17)12-8-4-5-9-13(12)19-15/h4-5,8-11H,2-3,6-7H2,1H3,(H,18,23)(H,19,20,22)/t10-/m0/s1. The van der Waals surface area contributed by atoms with E-state index in [-0.39, 0.29) is 11.2 Å². The van der Waals surface area contributed by atoms with Crippen LogP contribution in [0.3, 0.4) is 0 Å². The summed E-state index contributed by atoms with van der Waals surface area (Å²) in [4.78, 5) is 20.1. The molecule has 2 heterocycles. The molecule has 1 fully saturated rings. The number of aromatic amines is 1. The molecule has 0 unspecified atom stereocenters. The number of nitrogens with zero attached hydrogens (tertiary/aromatic N) is 3. The fourth-order valence-corrected chi connectivity index (χ4v) is 3.88. The molecular weight excluding hydrogens is 322 g/mol. The predicted molar refractivity (Wildman–Crippen MR) is 94.9 cm³/mol. The van der Waals surface area contributed by atoms with E-state index in [4.69, 9.17) is 0 Å². The molecule has 1 atom stereocenters. The SMILES string of the molecule is C[C@H](Sc1nnc2c(n1)[nH]c1ccccc12)C(=O)NC1CCCC1. The molecule has 1 saturated carbocycles. The molecule has 124 valence electrons. The van der Waals surface area contributed by atoms with Crippen LogP contribution in [0.4, 0.5) is 0 Å². The van der Waals surface area contributed by atoms with E-state index in [1.165, 1.54) is 24.6 Å². The van der Waals surface area contributed by atoms with Crippen LogP contribution in [0.2, 0.25) is 0 Å². The summed E-state index contributed by atoms with van der Waals surface area (Å²) >= 11 is 1.34. The molecule has 1 aliphatic rings. The molecule has 2 N–H and O–H groups in total. The van der Waals surface area contributed by atoms with Gasteiger partial charge in [0.2, 0.25) is 11.1 Å². The Labute approximate surface area is 143 Å². The molecule has 1 amide bonds. The monoisotopic (exact) mass is 341 g/mol. The van der Waals surface area contributed by atoms with Crippen molar-refractivity contribution in [2.24, 2.45) is 0 Å². The highest BCUT2D eigenvalue weighted by molar-refractivity contribution is 8.00. The maximum atomic E-state index is 12.3. The lowest BCUT2D eigenvalue weighted by Gasteiger charge is -2.15. The molecule has 2 aromatic heterocycles. The Morgan fingerprint density at radius 3 is 2.92 bits per heavy atom. The highest BCUT2D eigenvalue weighted by Crippen LogP contribution is 2.25. The zero-order valence-electron chi connectivity index (χ0n) is 13.5. The van der Waals surface area contributed by atoms with Gasteiger partial charge in [-0.3, -0.25) is 4.79 Å². The summed E-state index contributed by atoms with van der Waals surface area (Å²) in [5.41, 5.74) is 2.46. The summed E-state index contributed by atoms with van der Waals surface area (Å²) < 4.78 is 0. The number of rotatable bonds is 4. The lowest BCUT2D eigenvalue weighted by molar-refractivity contribution is -0.120. The van der Waals surface area contributed by atoms with Crippen molar-refractivity contribution in [3.05, 3.63) is 24.3 Å². The van der Waals surface area contributed by atoms with Crippen molar-refractivity contribution in [1.82, 2.24) is 25.5 Å². The number of carbonyl (C=O) groups is 1. The number of hydrogen-bond donors (Lipinski definition) is 2. The molecule has 0 bridgehead atoms. The Bertz CT molecular complexity index is 887. The quantitative estimate of drug-likeness (QED) is 0.713. The van der Waals surface area contributed by atoms with E-state index in [1.54, 1.807) is 0 Å². The lowest BCUT2D eigenvalue weighted by Crippen LogP contribution is -2.37. The van der Waals surface area contributed by atoms with Gasteiger partial charge in [0.05, 0.1) is 5.25 Å². The third-order valence-corrected chi connectivity index (χ3v) is 5.41. The van der Waals surface area contributed by atoms with Crippen molar-refractivity contribution in [3.63, 3.8) is 0 Å². The fourth-order valence-electron chi connectivity index (χ4n) is 3.16. The topological polar surface area (TPSA) is 83.6 Å². The van der Waals surface area contributed by atoms with Gasteiger partial charge >= 0.3 is 0 Å². The summed E-state index contributed by atoms with van der Waals surface area (Å²) in [6.07, 6.45) is 4.58. The van der Waals surface area contributed by atoms with Crippen LogP contribution in [0, 0.1) is 0 Å². The third-order valence-electron chi connectivity index (χ3n) is 4.46. The van der Waals surface area contributed by atoms with Gasteiger partial charge in [-0.15, -0.1) is 10.2 Å². The van der Waals surface area contributed by atoms with Gasteiger partial charge in [0.25, 0.3) is 0 Å². The van der Waals surface area contributed by atoms with E-state index in [0.717, 1.165) is 29.3 Å². The second-order valence-electron chi connectivity index (χ2n) is 6.21. The van der Waals surface area contributed by atoms with E-state index < -0.39 is 0 Å². The predicted octanol–water partition coefficient (Wildman–Crippen LogP) is 3.05. The number of hydrogen-bond acceptors (Lipinski definition) is 5. The largest absolute Gasteiger partial charge is 0.352 e. The Morgan fingerprint density at radius 2 is 2.08 bits per heavy atom. The van der Waals surface area contributed by atoms with E-state index in [2.05, 4.69) is 25.5 Å². The smallest absolute Gasteiger partial charge is 0.233 e. The second kappa shape index (κ2) is 6.39. The molecular formula is C17H19N5OS. The number of nitrogens with one attached hydrogen (secondary N) is 2. The van der Waals surface area contributed by atoms with Gasteiger partial charge in [-0.1, -0.05) is 42.8 Å². The van der Waals surface area contributed by atoms with Gasteiger partial charge in [0.1, 0.15) is 5.52 Å². The molecule has 1 aliphatic carbocycles. The highest BCUT2D eigenvalue weighted by atomic mass is 32.2. The highest BCUT2D eigenvalue weighted by Gasteiger charge is 2.22. The molecule has 3 aromatic rings. The minimum Gasteiger partial charge on any atom is -0.352 e. The van der Waals surface area contributed by atoms with Crippen LogP contribution in [-0.2, 0) is 4.79 Å². The van der Waals surface area contributed by atoms with Gasteiger partial charge < -0.3 is 10.3 Å². The summed E-state index contributed by atoms with van der Waals surface area (Å²) in [5, 5.41) is 12.9. The summed E-state index contributed by atoms with van der Waals surface area (Å²) in [6, 6.07) is 8.25. The average molecular weight is 341 g/mol. The van der Waals surface area contributed by atoms with E-state index in [9.17, 15) is 4.79 Å². The number of amides is 1. The zero-order valence-corrected chi connectivity index (χ0v) is 14.3. The van der Waals surface area contributed by atoms with Gasteiger partial charge in [-0.2, -0.15) is 0 Å². The van der Waals surface area contributed by atoms with E-state index in [1.807, 2.05) is 31.2 Å². The molecule has 0 aliphatic heterocycles. The number of thioether (sulfide) groups is 1. The second-order valence-corrected chi connectivity index (χ2v) is 7.52. The summed E-state index contributed by atoms with van der Waals surface area (Å²) in [5.74, 6) is 0.0484. The fraction of sp³-hybridized carbons (Fsp3) is 0.412. The van der Waals surface area contributed by atoms with E-state index in [0.29, 0.717) is 16.8 Å². The number of H-pyrrole nitrogens is 1. The zero-order chi connectivity index (χ0) is 16.5. The molecule has 6 nitrogen and oxygen atoms in total. The minimum absolute atomic E-state index is 0.0484. The van der Waals surface area contributed by atoms with Crippen LogP contribution < -0.4 is 5.32 Å². The van der Waals surface area contributed by atoms with E-state index >= 15 is 0 Å². The maximum absolute atomic E-state index is 12.3. The summed E-state index contributed by atoms with van der Waals surface area (Å²) in [6.45, 7) is 1.88. The van der Waals surface area contributed by atoms with Crippen LogP contribution in [0.5, 0.6) is 0 Å². The van der Waals surface area contributed by atoms with Gasteiger partial charge in [0.15, 0.2) is 5.65 Å². The molecule has 24 heavy (non-hydrogen) atoms. The Balaban J connectivity index is 1.51. The van der Waals surface area contributed by atoms with Gasteiger partial charge in [-0.25, -0.2) is 4.98 Å². The van der Waals surface area contributed by atoms with Crippen LogP contribution >= 0.6 is 11.8 Å². The van der Waals surface area contributed by atoms with Crippen LogP contribution in [0.25, 0.3) is 22.1 Å². The number of fused-ring (bicyclic) bond motifs is 3. The number of aromatic nitrogens is 4. The number of para-hydroxylation sites is 1. The Hall–Kier alpha value is -2.15. The first-order valence-electron chi connectivity index (χ1n) is 8.29. The normalized spacial score (nSPS) is 16.7. The Morgan fingerprint density at radius 1 is 1.29 bits per heavy atom. The van der Waals surface area contributed by atoms with Gasteiger partial charge in [0, 0.05) is 16.9 Å². The van der Waals surface area contributed by atoms with Gasteiger partial charge in [-0.05, 0) is 25.8 Å². The number of benzene rings is 1. The van der Waals surface area contributed by atoms with Crippen molar-refractivity contribution >= 4 is 39.7 Å². The van der Waals surface area contributed by atoms with Crippen LogP contribution in [0.1, 0.15) is 32.6 Å². The molecule has 0 saturated heterocycles. The van der Waals surface area contributed by atoms with Crippen molar-refractivity contribution in [2.45, 2.75) is 49.1 Å². The van der Waals surface area contributed by atoms with Crippen molar-refractivity contribution < 1.29 is 4.79 Å². The lowest BCUT2D eigenvalue weighted by atomic mass is 10.2. The minimum atomic E-state index is -0.241. The molecule has 0 spiro atoms. The number of carbonyl (C=O) groups excluding carboxylic acids is 1. The third kappa shape index (κ3) is 2.96.